The standard InChI is InChI=1S/C16H22N2S2/c1-11-16(20-10-17-11)12(2)18-15(13-6-3-4-7-13)14-8-5-9-19-14/h5,8-10,12-13,15,18H,3-4,6-7H2,1-2H3. The lowest BCUT2D eigenvalue weighted by molar-refractivity contribution is 0.344. The van der Waals surface area contributed by atoms with Crippen LogP contribution in [0.25, 0.3) is 0 Å². The Morgan fingerprint density at radius 2 is 2.10 bits per heavy atom. The second-order valence-electron chi connectivity index (χ2n) is 5.73. The van der Waals surface area contributed by atoms with E-state index >= 15 is 0 Å². The molecule has 1 saturated carbocycles. The lowest BCUT2D eigenvalue weighted by Gasteiger charge is -2.27. The summed E-state index contributed by atoms with van der Waals surface area (Å²) in [6.07, 6.45) is 5.51. The fraction of sp³-hybridized carbons (Fsp3) is 0.562. The second-order valence-corrected chi connectivity index (χ2v) is 7.59. The molecule has 2 unspecified atom stereocenters. The van der Waals surface area contributed by atoms with Gasteiger partial charge in [-0.2, -0.15) is 0 Å². The Bertz CT molecular complexity index is 526. The van der Waals surface area contributed by atoms with Crippen LogP contribution < -0.4 is 5.32 Å². The number of nitrogens with zero attached hydrogens (tertiary/aromatic N) is 1. The molecule has 2 aromatic heterocycles. The third-order valence-corrected chi connectivity index (χ3v) is 6.40. The van der Waals surface area contributed by atoms with E-state index in [0.29, 0.717) is 12.1 Å². The van der Waals surface area contributed by atoms with E-state index in [1.165, 1.54) is 41.1 Å². The second kappa shape index (κ2) is 6.37. The minimum atomic E-state index is 0.384. The SMILES string of the molecule is Cc1ncsc1C(C)NC(c1cccs1)C1CCCC1. The maximum atomic E-state index is 4.39. The van der Waals surface area contributed by atoms with Crippen LogP contribution in [0.2, 0.25) is 0 Å². The van der Waals surface area contributed by atoms with Crippen molar-refractivity contribution in [1.82, 2.24) is 10.3 Å². The van der Waals surface area contributed by atoms with Crippen molar-refractivity contribution in [1.29, 1.82) is 0 Å². The Hall–Kier alpha value is -0.710. The largest absolute Gasteiger partial charge is 0.302 e. The molecule has 1 aliphatic carbocycles. The molecule has 108 valence electrons. The number of aryl methyl sites for hydroxylation is 1. The number of rotatable bonds is 5. The number of hydrogen-bond acceptors (Lipinski definition) is 4. The van der Waals surface area contributed by atoms with Crippen LogP contribution in [0.15, 0.2) is 23.0 Å². The molecular formula is C16H22N2S2. The third-order valence-electron chi connectivity index (χ3n) is 4.33. The van der Waals surface area contributed by atoms with Gasteiger partial charge in [0.25, 0.3) is 0 Å². The van der Waals surface area contributed by atoms with Crippen molar-refractivity contribution >= 4 is 22.7 Å². The molecule has 20 heavy (non-hydrogen) atoms. The average Bonchev–Trinajstić information content (AvgIpc) is 3.18. The van der Waals surface area contributed by atoms with Gasteiger partial charge in [0.15, 0.2) is 0 Å². The normalized spacial score (nSPS) is 19.3. The Labute approximate surface area is 129 Å². The summed E-state index contributed by atoms with van der Waals surface area (Å²) in [5.74, 6) is 0.796. The number of thiophene rings is 1. The zero-order valence-corrected chi connectivity index (χ0v) is 13.8. The van der Waals surface area contributed by atoms with Crippen molar-refractivity contribution in [2.24, 2.45) is 5.92 Å². The van der Waals surface area contributed by atoms with Gasteiger partial charge in [-0.05, 0) is 44.1 Å². The zero-order valence-electron chi connectivity index (χ0n) is 12.1. The van der Waals surface area contributed by atoms with E-state index in [9.17, 15) is 0 Å². The van der Waals surface area contributed by atoms with E-state index in [1.54, 1.807) is 11.3 Å². The van der Waals surface area contributed by atoms with Crippen molar-refractivity contribution in [2.75, 3.05) is 0 Å². The predicted molar refractivity (Wildman–Crippen MR) is 87.4 cm³/mol. The molecule has 3 rings (SSSR count). The summed E-state index contributed by atoms with van der Waals surface area (Å²) in [7, 11) is 0. The summed E-state index contributed by atoms with van der Waals surface area (Å²) >= 11 is 3.66. The highest BCUT2D eigenvalue weighted by molar-refractivity contribution is 7.10. The van der Waals surface area contributed by atoms with Crippen molar-refractivity contribution in [2.45, 2.75) is 51.6 Å². The van der Waals surface area contributed by atoms with Gasteiger partial charge >= 0.3 is 0 Å². The van der Waals surface area contributed by atoms with Crippen LogP contribution in [-0.4, -0.2) is 4.98 Å². The molecule has 2 aromatic rings. The molecule has 0 spiro atoms. The predicted octanol–water partition coefficient (Wildman–Crippen LogP) is 5.10. The Morgan fingerprint density at radius 3 is 2.70 bits per heavy atom. The number of nitrogens with one attached hydrogen (secondary N) is 1. The van der Waals surface area contributed by atoms with E-state index in [1.807, 2.05) is 16.8 Å². The number of hydrogen-bond donors (Lipinski definition) is 1. The van der Waals surface area contributed by atoms with Gasteiger partial charge in [-0.15, -0.1) is 22.7 Å². The van der Waals surface area contributed by atoms with Gasteiger partial charge in [0.1, 0.15) is 0 Å². The van der Waals surface area contributed by atoms with Crippen LogP contribution in [0.4, 0.5) is 0 Å². The first-order chi connectivity index (χ1) is 9.75. The lowest BCUT2D eigenvalue weighted by atomic mass is 9.95. The Balaban J connectivity index is 1.78. The average molecular weight is 307 g/mol. The van der Waals surface area contributed by atoms with E-state index in [2.05, 4.69) is 41.7 Å². The quantitative estimate of drug-likeness (QED) is 0.831. The van der Waals surface area contributed by atoms with Gasteiger partial charge < -0.3 is 5.32 Å². The van der Waals surface area contributed by atoms with Crippen LogP contribution in [-0.2, 0) is 0 Å². The first-order valence-corrected chi connectivity index (χ1v) is 9.21. The van der Waals surface area contributed by atoms with Crippen LogP contribution in [0, 0.1) is 12.8 Å². The van der Waals surface area contributed by atoms with Gasteiger partial charge in [0, 0.05) is 21.8 Å². The van der Waals surface area contributed by atoms with E-state index in [4.69, 9.17) is 0 Å². The van der Waals surface area contributed by atoms with Gasteiger partial charge in [0.05, 0.1) is 11.2 Å². The highest BCUT2D eigenvalue weighted by Gasteiger charge is 2.28. The lowest BCUT2D eigenvalue weighted by Crippen LogP contribution is -2.29. The molecule has 2 nitrogen and oxygen atoms in total. The van der Waals surface area contributed by atoms with Gasteiger partial charge in [-0.25, -0.2) is 4.98 Å². The molecule has 1 fully saturated rings. The first kappa shape index (κ1) is 14.2. The summed E-state index contributed by atoms with van der Waals surface area (Å²) in [6.45, 7) is 4.38. The highest BCUT2D eigenvalue weighted by atomic mass is 32.1. The van der Waals surface area contributed by atoms with Crippen molar-refractivity contribution in [3.63, 3.8) is 0 Å². The fourth-order valence-corrected chi connectivity index (χ4v) is 4.98. The van der Waals surface area contributed by atoms with Crippen LogP contribution >= 0.6 is 22.7 Å². The highest BCUT2D eigenvalue weighted by Crippen LogP contribution is 2.39. The monoisotopic (exact) mass is 306 g/mol. The van der Waals surface area contributed by atoms with Crippen LogP contribution in [0.5, 0.6) is 0 Å². The molecule has 2 heterocycles. The summed E-state index contributed by atoms with van der Waals surface area (Å²) in [5, 5.41) is 6.08. The summed E-state index contributed by atoms with van der Waals surface area (Å²) < 4.78 is 0. The smallest absolute Gasteiger partial charge is 0.0798 e. The van der Waals surface area contributed by atoms with Crippen molar-refractivity contribution < 1.29 is 0 Å². The maximum absolute atomic E-state index is 4.39. The Kier molecular flexibility index (Phi) is 4.54. The van der Waals surface area contributed by atoms with Crippen molar-refractivity contribution in [3.8, 4) is 0 Å². The summed E-state index contributed by atoms with van der Waals surface area (Å²) in [4.78, 5) is 7.26. The number of aromatic nitrogens is 1. The molecule has 0 saturated heterocycles. The van der Waals surface area contributed by atoms with Crippen LogP contribution in [0.1, 0.15) is 60.1 Å². The molecular weight excluding hydrogens is 284 g/mol. The summed E-state index contributed by atoms with van der Waals surface area (Å²) in [6, 6.07) is 5.35. The molecule has 0 radical (unpaired) electrons. The molecule has 0 aromatic carbocycles. The maximum Gasteiger partial charge on any atom is 0.0798 e. The molecule has 1 aliphatic rings. The van der Waals surface area contributed by atoms with Gasteiger partial charge in [-0.1, -0.05) is 18.9 Å². The molecule has 1 N–H and O–H groups in total. The minimum Gasteiger partial charge on any atom is -0.302 e. The molecule has 0 amide bonds. The van der Waals surface area contributed by atoms with Crippen LogP contribution in [0.3, 0.4) is 0 Å². The Morgan fingerprint density at radius 1 is 1.30 bits per heavy atom. The minimum absolute atomic E-state index is 0.384. The van der Waals surface area contributed by atoms with Crippen molar-refractivity contribution in [3.05, 3.63) is 38.5 Å². The van der Waals surface area contributed by atoms with Gasteiger partial charge in [0.2, 0.25) is 0 Å². The number of thiazole rings is 1. The third kappa shape index (κ3) is 2.97. The van der Waals surface area contributed by atoms with E-state index in [0.717, 1.165) is 5.92 Å². The molecule has 4 heteroatoms. The van der Waals surface area contributed by atoms with E-state index in [-0.39, 0.29) is 0 Å². The first-order valence-electron chi connectivity index (χ1n) is 7.45. The molecule has 2 atom stereocenters. The molecule has 0 aliphatic heterocycles. The van der Waals surface area contributed by atoms with Gasteiger partial charge in [-0.3, -0.25) is 0 Å². The topological polar surface area (TPSA) is 24.9 Å². The van der Waals surface area contributed by atoms with E-state index < -0.39 is 0 Å². The zero-order chi connectivity index (χ0) is 13.9. The molecule has 0 bridgehead atoms. The fourth-order valence-electron chi connectivity index (χ4n) is 3.28. The summed E-state index contributed by atoms with van der Waals surface area (Å²) in [5.41, 5.74) is 3.13.